The maximum absolute atomic E-state index is 12.1. The molecule has 2 rings (SSSR count). The number of hydrogen-bond acceptors (Lipinski definition) is 4. The minimum Gasteiger partial charge on any atom is -0.352 e. The van der Waals surface area contributed by atoms with Crippen LogP contribution in [0.15, 0.2) is 18.2 Å². The summed E-state index contributed by atoms with van der Waals surface area (Å²) in [6.45, 7) is 0.711. The predicted molar refractivity (Wildman–Crippen MR) is 77.0 cm³/mol. The zero-order valence-electron chi connectivity index (χ0n) is 9.91. The van der Waals surface area contributed by atoms with Crippen molar-refractivity contribution in [3.63, 3.8) is 0 Å². The van der Waals surface area contributed by atoms with E-state index in [9.17, 15) is 4.79 Å². The fourth-order valence-corrected chi connectivity index (χ4v) is 3.36. The average molecular weight is 286 g/mol. The van der Waals surface area contributed by atoms with Crippen molar-refractivity contribution in [1.29, 1.82) is 0 Å². The molecular formula is C12H16ClN3OS. The van der Waals surface area contributed by atoms with Crippen LogP contribution in [0, 0.1) is 5.92 Å². The molecule has 1 aromatic rings. The predicted octanol–water partition coefficient (Wildman–Crippen LogP) is 2.11. The van der Waals surface area contributed by atoms with Gasteiger partial charge in [-0.05, 0) is 42.0 Å². The molecule has 0 radical (unpaired) electrons. The molecule has 1 unspecified atom stereocenters. The van der Waals surface area contributed by atoms with E-state index in [4.69, 9.17) is 17.4 Å². The summed E-state index contributed by atoms with van der Waals surface area (Å²) in [4.78, 5) is 12.1. The number of hydrogen-bond donors (Lipinski definition) is 3. The van der Waals surface area contributed by atoms with Crippen molar-refractivity contribution in [3.05, 3.63) is 28.8 Å². The lowest BCUT2D eigenvalue weighted by Gasteiger charge is -2.12. The molecule has 1 aliphatic heterocycles. The molecule has 0 bridgehead atoms. The highest BCUT2D eigenvalue weighted by atomic mass is 35.5. The Balaban J connectivity index is 2.00. The third-order valence-corrected chi connectivity index (χ3v) is 4.42. The quantitative estimate of drug-likeness (QED) is 0.585. The lowest BCUT2D eigenvalue weighted by atomic mass is 10.1. The molecule has 0 aliphatic carbocycles. The minimum atomic E-state index is -0.137. The van der Waals surface area contributed by atoms with Crippen molar-refractivity contribution in [1.82, 2.24) is 5.32 Å². The van der Waals surface area contributed by atoms with E-state index in [-0.39, 0.29) is 5.91 Å². The van der Waals surface area contributed by atoms with Crippen molar-refractivity contribution in [3.8, 4) is 0 Å². The van der Waals surface area contributed by atoms with Crippen LogP contribution < -0.4 is 16.6 Å². The van der Waals surface area contributed by atoms with Crippen LogP contribution >= 0.6 is 23.4 Å². The van der Waals surface area contributed by atoms with E-state index >= 15 is 0 Å². The molecule has 1 aliphatic rings. The van der Waals surface area contributed by atoms with E-state index in [2.05, 4.69) is 10.7 Å². The van der Waals surface area contributed by atoms with E-state index in [0.717, 1.165) is 5.75 Å². The van der Waals surface area contributed by atoms with E-state index < -0.39 is 0 Å². The monoisotopic (exact) mass is 285 g/mol. The lowest BCUT2D eigenvalue weighted by Crippen LogP contribution is -2.30. The van der Waals surface area contributed by atoms with Gasteiger partial charge in [-0.1, -0.05) is 11.6 Å². The molecule has 1 saturated heterocycles. The van der Waals surface area contributed by atoms with Crippen molar-refractivity contribution in [2.24, 2.45) is 11.8 Å². The second kappa shape index (κ2) is 6.31. The Morgan fingerprint density at radius 2 is 2.39 bits per heavy atom. The highest BCUT2D eigenvalue weighted by molar-refractivity contribution is 7.99. The highest BCUT2D eigenvalue weighted by Gasteiger charge is 2.17. The minimum absolute atomic E-state index is 0.137. The van der Waals surface area contributed by atoms with Gasteiger partial charge in [0.2, 0.25) is 0 Å². The van der Waals surface area contributed by atoms with Crippen molar-refractivity contribution in [2.45, 2.75) is 6.42 Å². The van der Waals surface area contributed by atoms with Crippen molar-refractivity contribution >= 4 is 35.0 Å². The Labute approximate surface area is 116 Å². The zero-order chi connectivity index (χ0) is 13.0. The molecule has 0 saturated carbocycles. The van der Waals surface area contributed by atoms with Crippen LogP contribution in [-0.2, 0) is 0 Å². The average Bonchev–Trinajstić information content (AvgIpc) is 2.89. The molecule has 1 heterocycles. The number of carbonyl (C=O) groups excluding carboxylic acids is 1. The number of amides is 1. The summed E-state index contributed by atoms with van der Waals surface area (Å²) in [5.74, 6) is 8.13. The molecule has 18 heavy (non-hydrogen) atoms. The first-order valence-electron chi connectivity index (χ1n) is 5.83. The molecule has 4 N–H and O–H groups in total. The summed E-state index contributed by atoms with van der Waals surface area (Å²) in [5, 5.41) is 3.46. The smallest absolute Gasteiger partial charge is 0.253 e. The van der Waals surface area contributed by atoms with E-state index in [1.165, 1.54) is 12.2 Å². The van der Waals surface area contributed by atoms with Crippen LogP contribution in [0.25, 0.3) is 0 Å². The van der Waals surface area contributed by atoms with Crippen LogP contribution in [0.3, 0.4) is 0 Å². The van der Waals surface area contributed by atoms with Gasteiger partial charge in [-0.15, -0.1) is 0 Å². The Kier molecular flexibility index (Phi) is 4.74. The number of nitrogens with two attached hydrogens (primary N) is 1. The topological polar surface area (TPSA) is 67.1 Å². The maximum Gasteiger partial charge on any atom is 0.253 e. The van der Waals surface area contributed by atoms with Crippen LogP contribution in [0.2, 0.25) is 5.02 Å². The number of rotatable bonds is 4. The second-order valence-corrected chi connectivity index (χ2v) is 5.86. The van der Waals surface area contributed by atoms with Gasteiger partial charge in [-0.3, -0.25) is 10.6 Å². The lowest BCUT2D eigenvalue weighted by molar-refractivity contribution is 0.0949. The van der Waals surface area contributed by atoms with Gasteiger partial charge in [0, 0.05) is 11.6 Å². The normalized spacial score (nSPS) is 18.7. The van der Waals surface area contributed by atoms with E-state index in [1.807, 2.05) is 11.8 Å². The highest BCUT2D eigenvalue weighted by Crippen LogP contribution is 2.23. The van der Waals surface area contributed by atoms with E-state index in [0.29, 0.717) is 28.7 Å². The van der Waals surface area contributed by atoms with Crippen LogP contribution in [-0.4, -0.2) is 24.0 Å². The largest absolute Gasteiger partial charge is 0.352 e. The summed E-state index contributed by atoms with van der Waals surface area (Å²) < 4.78 is 0. The number of nitrogens with one attached hydrogen (secondary N) is 2. The molecule has 1 atom stereocenters. The van der Waals surface area contributed by atoms with Gasteiger partial charge in [0.05, 0.1) is 11.3 Å². The first-order valence-corrected chi connectivity index (χ1v) is 7.36. The molecule has 98 valence electrons. The summed E-state index contributed by atoms with van der Waals surface area (Å²) in [6.07, 6.45) is 1.17. The molecular weight excluding hydrogens is 270 g/mol. The van der Waals surface area contributed by atoms with Gasteiger partial charge < -0.3 is 10.7 Å². The Bertz CT molecular complexity index is 435. The second-order valence-electron chi connectivity index (χ2n) is 4.27. The van der Waals surface area contributed by atoms with Crippen LogP contribution in [0.5, 0.6) is 0 Å². The Hall–Kier alpha value is -0.910. The number of halogens is 1. The Morgan fingerprint density at radius 1 is 1.56 bits per heavy atom. The van der Waals surface area contributed by atoms with E-state index in [1.54, 1.807) is 18.2 Å². The SMILES string of the molecule is NNc1ccc(Cl)cc1C(=O)NCC1CCSC1. The van der Waals surface area contributed by atoms with Crippen molar-refractivity contribution < 1.29 is 4.79 Å². The molecule has 0 spiro atoms. The van der Waals surface area contributed by atoms with Crippen LogP contribution in [0.1, 0.15) is 16.8 Å². The fourth-order valence-electron chi connectivity index (χ4n) is 1.91. The number of nitrogen functional groups attached to an aromatic ring is 1. The summed E-state index contributed by atoms with van der Waals surface area (Å²) in [7, 11) is 0. The molecule has 1 fully saturated rings. The maximum atomic E-state index is 12.1. The van der Waals surface area contributed by atoms with Gasteiger partial charge in [0.1, 0.15) is 0 Å². The zero-order valence-corrected chi connectivity index (χ0v) is 11.5. The number of benzene rings is 1. The summed E-state index contributed by atoms with van der Waals surface area (Å²) in [6, 6.07) is 5.01. The third kappa shape index (κ3) is 3.31. The Morgan fingerprint density at radius 3 is 3.06 bits per heavy atom. The number of thioether (sulfide) groups is 1. The number of hydrazine groups is 1. The van der Waals surface area contributed by atoms with Crippen LogP contribution in [0.4, 0.5) is 5.69 Å². The third-order valence-electron chi connectivity index (χ3n) is 2.96. The first kappa shape index (κ1) is 13.5. The standard InChI is InChI=1S/C12H16ClN3OS/c13-9-1-2-11(16-14)10(5-9)12(17)15-6-8-3-4-18-7-8/h1-2,5,8,16H,3-4,6-7,14H2,(H,15,17). The molecule has 4 nitrogen and oxygen atoms in total. The molecule has 1 amide bonds. The molecule has 1 aromatic carbocycles. The van der Waals surface area contributed by atoms with Gasteiger partial charge >= 0.3 is 0 Å². The number of carbonyl (C=O) groups is 1. The molecule has 6 heteroatoms. The first-order chi connectivity index (χ1) is 8.70. The molecule has 0 aromatic heterocycles. The van der Waals surface area contributed by atoms with Crippen molar-refractivity contribution in [2.75, 3.05) is 23.5 Å². The number of anilines is 1. The van der Waals surface area contributed by atoms with Gasteiger partial charge in [-0.25, -0.2) is 0 Å². The summed E-state index contributed by atoms with van der Waals surface area (Å²) >= 11 is 7.83. The van der Waals surface area contributed by atoms with Gasteiger partial charge in [-0.2, -0.15) is 11.8 Å². The van der Waals surface area contributed by atoms with Gasteiger partial charge in [0.15, 0.2) is 0 Å². The van der Waals surface area contributed by atoms with Gasteiger partial charge in [0.25, 0.3) is 5.91 Å². The summed E-state index contributed by atoms with van der Waals surface area (Å²) in [5.41, 5.74) is 3.57. The fraction of sp³-hybridized carbons (Fsp3) is 0.417.